The lowest BCUT2D eigenvalue weighted by Gasteiger charge is -2.39. The quantitative estimate of drug-likeness (QED) is 0.845. The number of hydrogen-bond acceptors (Lipinski definition) is 3. The Morgan fingerprint density at radius 1 is 1.25 bits per heavy atom. The third-order valence-corrected chi connectivity index (χ3v) is 4.89. The van der Waals surface area contributed by atoms with Crippen LogP contribution in [0.1, 0.15) is 44.2 Å². The molecular formula is C20H30N2O2. The Balaban J connectivity index is 1.68. The number of likely N-dealkylation sites (tertiary alicyclic amines) is 1. The van der Waals surface area contributed by atoms with E-state index in [0.717, 1.165) is 26.1 Å². The van der Waals surface area contributed by atoms with Crippen LogP contribution in [0, 0.1) is 12.8 Å². The van der Waals surface area contributed by atoms with Gasteiger partial charge < -0.3 is 14.5 Å². The first-order chi connectivity index (χ1) is 11.2. The van der Waals surface area contributed by atoms with Crippen LogP contribution in [0.5, 0.6) is 0 Å². The van der Waals surface area contributed by atoms with Gasteiger partial charge in [0, 0.05) is 37.5 Å². The van der Waals surface area contributed by atoms with Gasteiger partial charge in [-0.3, -0.25) is 0 Å². The van der Waals surface area contributed by atoms with Crippen LogP contribution in [-0.4, -0.2) is 54.2 Å². The van der Waals surface area contributed by atoms with E-state index < -0.39 is 5.60 Å². The van der Waals surface area contributed by atoms with Crippen molar-refractivity contribution in [3.63, 3.8) is 0 Å². The minimum absolute atomic E-state index is 0.156. The van der Waals surface area contributed by atoms with Crippen LogP contribution in [0.25, 0.3) is 0 Å². The average Bonchev–Trinajstić information content (AvgIpc) is 3.21. The lowest BCUT2D eigenvalue weighted by molar-refractivity contribution is 0.0108. The first-order valence-corrected chi connectivity index (χ1v) is 8.97. The normalized spacial score (nSPS) is 24.4. The zero-order valence-corrected chi connectivity index (χ0v) is 15.6. The number of carbonyl (C=O) groups is 1. The number of carbonyl (C=O) groups excluding carboxylic acids is 1. The number of rotatable bonds is 4. The summed E-state index contributed by atoms with van der Waals surface area (Å²) in [6, 6.07) is 9.00. The summed E-state index contributed by atoms with van der Waals surface area (Å²) in [6.45, 7) is 10.9. The predicted octanol–water partition coefficient (Wildman–Crippen LogP) is 3.65. The summed E-state index contributed by atoms with van der Waals surface area (Å²) in [5.41, 5.74) is 2.17. The molecule has 3 rings (SSSR count). The number of benzene rings is 1. The van der Waals surface area contributed by atoms with E-state index in [1.54, 1.807) is 0 Å². The topological polar surface area (TPSA) is 32.8 Å². The van der Waals surface area contributed by atoms with E-state index in [1.807, 2.05) is 25.7 Å². The maximum absolute atomic E-state index is 12.7. The smallest absolute Gasteiger partial charge is 0.410 e. The highest BCUT2D eigenvalue weighted by Crippen LogP contribution is 2.45. The molecule has 0 bridgehead atoms. The van der Waals surface area contributed by atoms with Gasteiger partial charge in [-0.2, -0.15) is 0 Å². The van der Waals surface area contributed by atoms with Crippen molar-refractivity contribution in [1.29, 1.82) is 0 Å². The van der Waals surface area contributed by atoms with Crippen molar-refractivity contribution in [2.45, 2.75) is 51.7 Å². The molecule has 2 fully saturated rings. The molecule has 1 aliphatic carbocycles. The second kappa shape index (κ2) is 6.40. The minimum atomic E-state index is -0.444. The molecule has 1 aliphatic heterocycles. The highest BCUT2D eigenvalue weighted by Gasteiger charge is 2.47. The zero-order valence-electron chi connectivity index (χ0n) is 15.6. The number of aryl methyl sites for hydroxylation is 1. The average molecular weight is 330 g/mol. The van der Waals surface area contributed by atoms with E-state index in [9.17, 15) is 4.79 Å². The molecule has 0 aromatic heterocycles. The Hall–Kier alpha value is -1.55. The Morgan fingerprint density at radius 3 is 2.42 bits per heavy atom. The van der Waals surface area contributed by atoms with Crippen molar-refractivity contribution in [1.82, 2.24) is 9.80 Å². The highest BCUT2D eigenvalue weighted by atomic mass is 16.6. The van der Waals surface area contributed by atoms with E-state index in [-0.39, 0.29) is 12.1 Å². The monoisotopic (exact) mass is 330 g/mol. The van der Waals surface area contributed by atoms with Gasteiger partial charge in [-0.1, -0.05) is 29.8 Å². The van der Waals surface area contributed by atoms with Crippen molar-refractivity contribution >= 4 is 6.09 Å². The fraction of sp³-hybridized carbons (Fsp3) is 0.650. The first kappa shape index (κ1) is 17.3. The van der Waals surface area contributed by atoms with Gasteiger partial charge in [0.1, 0.15) is 5.60 Å². The summed E-state index contributed by atoms with van der Waals surface area (Å²) in [4.78, 5) is 17.0. The molecule has 132 valence electrons. The van der Waals surface area contributed by atoms with E-state index >= 15 is 0 Å². The van der Waals surface area contributed by atoms with E-state index in [2.05, 4.69) is 43.1 Å². The standard InChI is InChI=1S/C20H30N2O2/c1-14-6-8-16(9-7-14)17-10-18(17)22(13-15-11-21(5)12-15)19(23)24-20(2,3)4/h6-9,15,17-18H,10-13H2,1-5H3. The fourth-order valence-electron chi connectivity index (χ4n) is 3.59. The van der Waals surface area contributed by atoms with Crippen LogP contribution in [-0.2, 0) is 4.74 Å². The summed E-state index contributed by atoms with van der Waals surface area (Å²) in [6.07, 6.45) is 0.891. The molecule has 2 atom stereocenters. The Morgan fingerprint density at radius 2 is 1.88 bits per heavy atom. The molecule has 1 heterocycles. The second-order valence-corrected chi connectivity index (χ2v) is 8.54. The lowest BCUT2D eigenvalue weighted by atomic mass is 10.0. The molecular weight excluding hydrogens is 300 g/mol. The van der Waals surface area contributed by atoms with Gasteiger partial charge in [0.15, 0.2) is 0 Å². The molecule has 4 heteroatoms. The highest BCUT2D eigenvalue weighted by molar-refractivity contribution is 5.69. The summed E-state index contributed by atoms with van der Waals surface area (Å²) >= 11 is 0. The SMILES string of the molecule is Cc1ccc(C2CC2N(CC2CN(C)C2)C(=O)OC(C)(C)C)cc1. The van der Waals surface area contributed by atoms with Gasteiger partial charge in [0.2, 0.25) is 0 Å². The van der Waals surface area contributed by atoms with Gasteiger partial charge in [0.05, 0.1) is 0 Å². The maximum Gasteiger partial charge on any atom is 0.410 e. The van der Waals surface area contributed by atoms with Crippen LogP contribution in [0.2, 0.25) is 0 Å². The van der Waals surface area contributed by atoms with Crippen molar-refractivity contribution in [2.75, 3.05) is 26.7 Å². The molecule has 0 spiro atoms. The largest absolute Gasteiger partial charge is 0.444 e. The molecule has 2 unspecified atom stereocenters. The van der Waals surface area contributed by atoms with Crippen LogP contribution >= 0.6 is 0 Å². The molecule has 1 amide bonds. The molecule has 24 heavy (non-hydrogen) atoms. The van der Waals surface area contributed by atoms with Crippen LogP contribution in [0.4, 0.5) is 4.79 Å². The Labute approximate surface area is 145 Å². The van der Waals surface area contributed by atoms with E-state index in [0.29, 0.717) is 11.8 Å². The lowest BCUT2D eigenvalue weighted by Crippen LogP contribution is -2.51. The third-order valence-electron chi connectivity index (χ3n) is 4.89. The molecule has 4 nitrogen and oxygen atoms in total. The minimum Gasteiger partial charge on any atom is -0.444 e. The number of ether oxygens (including phenoxy) is 1. The first-order valence-electron chi connectivity index (χ1n) is 8.97. The van der Waals surface area contributed by atoms with E-state index in [4.69, 9.17) is 4.74 Å². The van der Waals surface area contributed by atoms with E-state index in [1.165, 1.54) is 11.1 Å². The summed E-state index contributed by atoms with van der Waals surface area (Å²) < 4.78 is 5.67. The van der Waals surface area contributed by atoms with Crippen molar-refractivity contribution in [3.8, 4) is 0 Å². The van der Waals surface area contributed by atoms with Crippen LogP contribution in [0.15, 0.2) is 24.3 Å². The molecule has 0 N–H and O–H groups in total. The Kier molecular flexibility index (Phi) is 4.60. The van der Waals surface area contributed by atoms with Gasteiger partial charge in [-0.15, -0.1) is 0 Å². The molecule has 1 saturated carbocycles. The summed E-state index contributed by atoms with van der Waals surface area (Å²) in [7, 11) is 2.13. The number of nitrogens with zero attached hydrogens (tertiary/aromatic N) is 2. The predicted molar refractivity (Wildman–Crippen MR) is 96.3 cm³/mol. The van der Waals surface area contributed by atoms with Gasteiger partial charge >= 0.3 is 6.09 Å². The van der Waals surface area contributed by atoms with Crippen molar-refractivity contribution in [3.05, 3.63) is 35.4 Å². The molecule has 0 radical (unpaired) electrons. The van der Waals surface area contributed by atoms with Gasteiger partial charge in [0.25, 0.3) is 0 Å². The van der Waals surface area contributed by atoms with Crippen molar-refractivity contribution < 1.29 is 9.53 Å². The maximum atomic E-state index is 12.7. The van der Waals surface area contributed by atoms with Crippen molar-refractivity contribution in [2.24, 2.45) is 5.92 Å². The fourth-order valence-corrected chi connectivity index (χ4v) is 3.59. The molecule has 1 aromatic rings. The Bertz CT molecular complexity index is 585. The zero-order chi connectivity index (χ0) is 17.5. The third kappa shape index (κ3) is 4.10. The van der Waals surface area contributed by atoms with Crippen LogP contribution in [0.3, 0.4) is 0 Å². The number of hydrogen-bond donors (Lipinski definition) is 0. The molecule has 2 aliphatic rings. The second-order valence-electron chi connectivity index (χ2n) is 8.54. The number of amides is 1. The summed E-state index contributed by atoms with van der Waals surface area (Å²) in [5, 5.41) is 0. The molecule has 1 aromatic carbocycles. The molecule has 1 saturated heterocycles. The summed E-state index contributed by atoms with van der Waals surface area (Å²) in [5.74, 6) is 1.03. The van der Waals surface area contributed by atoms with Crippen LogP contribution < -0.4 is 0 Å². The van der Waals surface area contributed by atoms with Gasteiger partial charge in [-0.25, -0.2) is 4.79 Å². The van der Waals surface area contributed by atoms with Gasteiger partial charge in [-0.05, 0) is 46.7 Å².